The molecule has 34 heavy (non-hydrogen) atoms. The van der Waals surface area contributed by atoms with Crippen molar-refractivity contribution in [2.75, 3.05) is 19.0 Å². The molecule has 0 aliphatic heterocycles. The van der Waals surface area contributed by atoms with E-state index in [1.165, 1.54) is 0 Å². The number of methoxy groups -OCH3 is 1. The van der Waals surface area contributed by atoms with Crippen molar-refractivity contribution in [3.05, 3.63) is 95.6 Å². The van der Waals surface area contributed by atoms with E-state index in [0.29, 0.717) is 11.3 Å². The summed E-state index contributed by atoms with van der Waals surface area (Å²) in [5.41, 5.74) is 3.08. The smallest absolute Gasteiger partial charge is 0.253 e. The lowest BCUT2D eigenvalue weighted by Crippen LogP contribution is -2.34. The van der Waals surface area contributed by atoms with E-state index in [1.54, 1.807) is 19.2 Å². The van der Waals surface area contributed by atoms with E-state index in [2.05, 4.69) is 16.0 Å². The summed E-state index contributed by atoms with van der Waals surface area (Å²) in [5, 5.41) is 9.37. The lowest BCUT2D eigenvalue weighted by atomic mass is 9.98. The van der Waals surface area contributed by atoms with Gasteiger partial charge in [-0.1, -0.05) is 67.4 Å². The Morgan fingerprint density at radius 3 is 2.24 bits per heavy atom. The topological polar surface area (TPSA) is 79.5 Å². The van der Waals surface area contributed by atoms with Gasteiger partial charge < -0.3 is 15.4 Å². The van der Waals surface area contributed by atoms with Gasteiger partial charge in [0.15, 0.2) is 0 Å². The molecule has 0 saturated heterocycles. The van der Waals surface area contributed by atoms with Crippen LogP contribution in [-0.4, -0.2) is 31.5 Å². The molecular formula is C28H31N3O3. The Labute approximate surface area is 200 Å². The second-order valence-corrected chi connectivity index (χ2v) is 8.55. The maximum Gasteiger partial charge on any atom is 0.253 e. The van der Waals surface area contributed by atoms with E-state index in [0.717, 1.165) is 42.6 Å². The van der Waals surface area contributed by atoms with E-state index < -0.39 is 0 Å². The summed E-state index contributed by atoms with van der Waals surface area (Å²) in [6, 6.07) is 25.0. The first-order chi connectivity index (χ1) is 16.6. The highest BCUT2D eigenvalue weighted by atomic mass is 16.5. The zero-order valence-corrected chi connectivity index (χ0v) is 19.4. The van der Waals surface area contributed by atoms with Gasteiger partial charge >= 0.3 is 0 Å². The molecule has 0 heterocycles. The number of carbonyl (C=O) groups is 2. The molecule has 1 saturated carbocycles. The third-order valence-electron chi connectivity index (χ3n) is 6.18. The highest BCUT2D eigenvalue weighted by Crippen LogP contribution is 2.24. The highest BCUT2D eigenvalue weighted by molar-refractivity contribution is 6.04. The first kappa shape index (κ1) is 23.5. The van der Waals surface area contributed by atoms with E-state index in [4.69, 9.17) is 4.74 Å². The van der Waals surface area contributed by atoms with Gasteiger partial charge in [0.05, 0.1) is 30.9 Å². The number of amides is 2. The predicted octanol–water partition coefficient (Wildman–Crippen LogP) is 4.69. The molecule has 0 spiro atoms. The first-order valence-corrected chi connectivity index (χ1v) is 11.8. The molecule has 0 radical (unpaired) electrons. The average Bonchev–Trinajstić information content (AvgIpc) is 3.38. The molecule has 1 aliphatic carbocycles. The normalized spacial score (nSPS) is 14.4. The van der Waals surface area contributed by atoms with Gasteiger partial charge in [-0.3, -0.25) is 14.9 Å². The Hall–Kier alpha value is -3.64. The van der Waals surface area contributed by atoms with Crippen molar-refractivity contribution in [2.24, 2.45) is 0 Å². The first-order valence-electron chi connectivity index (χ1n) is 11.8. The van der Waals surface area contributed by atoms with Crippen LogP contribution in [0.4, 0.5) is 5.69 Å². The second-order valence-electron chi connectivity index (χ2n) is 8.55. The molecule has 176 valence electrons. The number of hydrogen-bond donors (Lipinski definition) is 3. The van der Waals surface area contributed by atoms with Crippen LogP contribution >= 0.6 is 0 Å². The third-order valence-corrected chi connectivity index (χ3v) is 6.18. The van der Waals surface area contributed by atoms with Gasteiger partial charge in [-0.05, 0) is 48.2 Å². The zero-order valence-electron chi connectivity index (χ0n) is 19.4. The van der Waals surface area contributed by atoms with Gasteiger partial charge in [0, 0.05) is 6.04 Å². The summed E-state index contributed by atoms with van der Waals surface area (Å²) in [7, 11) is 1.64. The fraction of sp³-hybridized carbons (Fsp3) is 0.286. The molecule has 1 aliphatic rings. The number of rotatable bonds is 9. The number of nitrogens with one attached hydrogen (secondary N) is 3. The van der Waals surface area contributed by atoms with Crippen molar-refractivity contribution in [1.29, 1.82) is 0 Å². The molecule has 0 bridgehead atoms. The van der Waals surface area contributed by atoms with Gasteiger partial charge in [0.25, 0.3) is 5.91 Å². The molecule has 3 aromatic carbocycles. The van der Waals surface area contributed by atoms with E-state index in [9.17, 15) is 9.59 Å². The van der Waals surface area contributed by atoms with Gasteiger partial charge in [0.2, 0.25) is 5.91 Å². The van der Waals surface area contributed by atoms with Gasteiger partial charge in [-0.2, -0.15) is 0 Å². The fourth-order valence-electron chi connectivity index (χ4n) is 4.38. The van der Waals surface area contributed by atoms with E-state index >= 15 is 0 Å². The molecule has 6 nitrogen and oxygen atoms in total. The molecule has 1 atom stereocenters. The summed E-state index contributed by atoms with van der Waals surface area (Å²) >= 11 is 0. The monoisotopic (exact) mass is 457 g/mol. The van der Waals surface area contributed by atoms with Crippen LogP contribution in [0.15, 0.2) is 78.9 Å². The Morgan fingerprint density at radius 1 is 0.882 bits per heavy atom. The summed E-state index contributed by atoms with van der Waals surface area (Å²) in [5.74, 6) is 0.424. The van der Waals surface area contributed by atoms with Crippen LogP contribution < -0.4 is 20.7 Å². The standard InChI is InChI=1S/C28H31N3O3/c1-34-23-17-15-21(16-18-23)27(20-9-3-2-4-10-20)29-19-26(32)31-25-14-8-7-13-24(25)28(33)30-22-11-5-6-12-22/h2-4,7-10,13-18,22,27,29H,5-6,11-12,19H2,1H3,(H,30,33)(H,31,32)/t27-/m0/s1. The minimum atomic E-state index is -0.212. The van der Waals surface area contributed by atoms with E-state index in [1.807, 2.05) is 66.7 Å². The molecule has 4 rings (SSSR count). The van der Waals surface area contributed by atoms with Crippen molar-refractivity contribution in [1.82, 2.24) is 10.6 Å². The number of hydrogen-bond acceptors (Lipinski definition) is 4. The molecule has 0 unspecified atom stereocenters. The Bertz CT molecular complexity index is 1090. The molecule has 3 N–H and O–H groups in total. The number of anilines is 1. The van der Waals surface area contributed by atoms with Crippen molar-refractivity contribution < 1.29 is 14.3 Å². The van der Waals surface area contributed by atoms with Crippen molar-refractivity contribution in [3.63, 3.8) is 0 Å². The molecule has 6 heteroatoms. The number of para-hydroxylation sites is 1. The third kappa shape index (κ3) is 6.02. The van der Waals surface area contributed by atoms with Crippen LogP contribution in [0.2, 0.25) is 0 Å². The molecule has 0 aromatic heterocycles. The lowest BCUT2D eigenvalue weighted by molar-refractivity contribution is -0.115. The predicted molar refractivity (Wildman–Crippen MR) is 134 cm³/mol. The largest absolute Gasteiger partial charge is 0.497 e. The summed E-state index contributed by atoms with van der Waals surface area (Å²) < 4.78 is 5.27. The quantitative estimate of drug-likeness (QED) is 0.436. The minimum absolute atomic E-state index is 0.0875. The van der Waals surface area contributed by atoms with Gasteiger partial charge in [0.1, 0.15) is 5.75 Å². The average molecular weight is 458 g/mol. The van der Waals surface area contributed by atoms with Crippen LogP contribution in [0.1, 0.15) is 53.2 Å². The summed E-state index contributed by atoms with van der Waals surface area (Å²) in [6.45, 7) is 0.0875. The maximum absolute atomic E-state index is 12.9. The lowest BCUT2D eigenvalue weighted by Gasteiger charge is -2.20. The molecule has 2 amide bonds. The zero-order chi connectivity index (χ0) is 23.8. The molecule has 1 fully saturated rings. The number of carbonyl (C=O) groups excluding carboxylic acids is 2. The molecule has 3 aromatic rings. The summed E-state index contributed by atoms with van der Waals surface area (Å²) in [6.07, 6.45) is 4.31. The van der Waals surface area contributed by atoms with Gasteiger partial charge in [-0.15, -0.1) is 0 Å². The summed E-state index contributed by atoms with van der Waals surface area (Å²) in [4.78, 5) is 25.7. The van der Waals surface area contributed by atoms with Crippen LogP contribution in [0, 0.1) is 0 Å². The van der Waals surface area contributed by atoms with Crippen molar-refractivity contribution in [3.8, 4) is 5.75 Å². The SMILES string of the molecule is COc1ccc([C@@H](NCC(=O)Nc2ccccc2C(=O)NC2CCCC2)c2ccccc2)cc1. The molecular weight excluding hydrogens is 426 g/mol. The Balaban J connectivity index is 1.44. The van der Waals surface area contributed by atoms with Crippen LogP contribution in [0.5, 0.6) is 5.75 Å². The van der Waals surface area contributed by atoms with E-state index in [-0.39, 0.29) is 30.4 Å². The van der Waals surface area contributed by atoms with Crippen LogP contribution in [0.3, 0.4) is 0 Å². The van der Waals surface area contributed by atoms with Crippen LogP contribution in [-0.2, 0) is 4.79 Å². The van der Waals surface area contributed by atoms with Gasteiger partial charge in [-0.25, -0.2) is 0 Å². The maximum atomic E-state index is 12.9. The fourth-order valence-corrected chi connectivity index (χ4v) is 4.38. The van der Waals surface area contributed by atoms with Crippen molar-refractivity contribution in [2.45, 2.75) is 37.8 Å². The Morgan fingerprint density at radius 2 is 1.53 bits per heavy atom. The second kappa shape index (κ2) is 11.5. The minimum Gasteiger partial charge on any atom is -0.497 e. The number of benzene rings is 3. The Kier molecular flexibility index (Phi) is 7.94. The van der Waals surface area contributed by atoms with Crippen LogP contribution in [0.25, 0.3) is 0 Å². The highest BCUT2D eigenvalue weighted by Gasteiger charge is 2.21. The number of ether oxygens (including phenoxy) is 1. The van der Waals surface area contributed by atoms with Crippen molar-refractivity contribution >= 4 is 17.5 Å².